The zero-order valence-electron chi connectivity index (χ0n) is 15.5. The number of sulfonamides is 1. The number of methoxy groups -OCH3 is 1. The lowest BCUT2D eigenvalue weighted by molar-refractivity contribution is -0.148. The second-order valence-electron chi connectivity index (χ2n) is 6.09. The van der Waals surface area contributed by atoms with Crippen molar-refractivity contribution < 1.29 is 27.5 Å². The summed E-state index contributed by atoms with van der Waals surface area (Å²) < 4.78 is 32.5. The molecule has 1 atom stereocenters. The van der Waals surface area contributed by atoms with Crippen molar-refractivity contribution in [1.82, 2.24) is 5.32 Å². The third kappa shape index (κ3) is 6.36. The van der Waals surface area contributed by atoms with Crippen LogP contribution in [0.25, 0.3) is 0 Å². The molecular weight excluding hydrogens is 384 g/mol. The Morgan fingerprint density at radius 3 is 2.21 bits per heavy atom. The molecule has 0 heterocycles. The molecule has 0 radical (unpaired) electrons. The highest BCUT2D eigenvalue weighted by molar-refractivity contribution is 7.89. The number of benzene rings is 2. The molecule has 0 bridgehead atoms. The number of rotatable bonds is 8. The van der Waals surface area contributed by atoms with Gasteiger partial charge in [-0.25, -0.2) is 13.6 Å². The number of esters is 1. The van der Waals surface area contributed by atoms with E-state index in [0.29, 0.717) is 11.3 Å². The van der Waals surface area contributed by atoms with Crippen molar-refractivity contribution in [3.8, 4) is 5.75 Å². The average molecular weight is 406 g/mol. The smallest absolute Gasteiger partial charge is 0.310 e. The number of carbonyl (C=O) groups excluding carboxylic acids is 2. The van der Waals surface area contributed by atoms with Gasteiger partial charge in [0.1, 0.15) is 5.75 Å². The van der Waals surface area contributed by atoms with Crippen molar-refractivity contribution in [1.29, 1.82) is 0 Å². The van der Waals surface area contributed by atoms with Gasteiger partial charge in [-0.2, -0.15) is 0 Å². The number of amides is 1. The van der Waals surface area contributed by atoms with Crippen LogP contribution in [-0.2, 0) is 30.8 Å². The van der Waals surface area contributed by atoms with Crippen molar-refractivity contribution in [2.24, 2.45) is 5.14 Å². The van der Waals surface area contributed by atoms with Gasteiger partial charge in [-0.05, 0) is 42.3 Å². The minimum Gasteiger partial charge on any atom is -0.497 e. The van der Waals surface area contributed by atoms with Gasteiger partial charge in [0.2, 0.25) is 10.0 Å². The second kappa shape index (κ2) is 9.34. The van der Waals surface area contributed by atoms with Crippen molar-refractivity contribution in [2.75, 3.05) is 13.7 Å². The molecule has 28 heavy (non-hydrogen) atoms. The first-order valence-electron chi connectivity index (χ1n) is 8.39. The van der Waals surface area contributed by atoms with Crippen molar-refractivity contribution in [2.45, 2.75) is 24.3 Å². The van der Waals surface area contributed by atoms with Gasteiger partial charge in [0.15, 0.2) is 6.61 Å². The Labute approximate surface area is 163 Å². The minimum absolute atomic E-state index is 0.0118. The summed E-state index contributed by atoms with van der Waals surface area (Å²) in [6.45, 7) is 1.32. The van der Waals surface area contributed by atoms with Gasteiger partial charge in [-0.15, -0.1) is 0 Å². The highest BCUT2D eigenvalue weighted by atomic mass is 32.2. The van der Waals surface area contributed by atoms with E-state index in [1.54, 1.807) is 50.4 Å². The quantitative estimate of drug-likeness (QED) is 0.637. The van der Waals surface area contributed by atoms with Crippen LogP contribution in [0.15, 0.2) is 53.4 Å². The summed E-state index contributed by atoms with van der Waals surface area (Å²) in [6, 6.07) is 12.4. The summed E-state index contributed by atoms with van der Waals surface area (Å²) in [5.41, 5.74) is 1.43. The fraction of sp³-hybridized carbons (Fsp3) is 0.263. The van der Waals surface area contributed by atoms with Crippen LogP contribution in [0, 0.1) is 0 Å². The number of hydrogen-bond acceptors (Lipinski definition) is 6. The van der Waals surface area contributed by atoms with E-state index in [4.69, 9.17) is 14.6 Å². The average Bonchev–Trinajstić information content (AvgIpc) is 2.66. The van der Waals surface area contributed by atoms with E-state index < -0.39 is 34.5 Å². The molecule has 8 nitrogen and oxygen atoms in total. The number of hydrogen-bond donors (Lipinski definition) is 2. The van der Waals surface area contributed by atoms with E-state index in [0.717, 1.165) is 5.56 Å². The summed E-state index contributed by atoms with van der Waals surface area (Å²) in [5.74, 6) is -0.306. The first-order valence-corrected chi connectivity index (χ1v) is 9.94. The Hall–Kier alpha value is -2.91. The maximum absolute atomic E-state index is 12.0. The Morgan fingerprint density at radius 2 is 1.68 bits per heavy atom. The molecular formula is C19H22N2O6S. The van der Waals surface area contributed by atoms with Crippen LogP contribution in [-0.4, -0.2) is 34.0 Å². The molecule has 9 heteroatoms. The summed E-state index contributed by atoms with van der Waals surface area (Å²) >= 11 is 0. The number of primary sulfonamides is 1. The second-order valence-corrected chi connectivity index (χ2v) is 7.65. The van der Waals surface area contributed by atoms with E-state index in [1.807, 2.05) is 0 Å². The monoisotopic (exact) mass is 406 g/mol. The third-order valence-electron chi connectivity index (χ3n) is 3.96. The standard InChI is InChI=1S/C19H22N2O6S/c1-13(15-5-9-17(10-6-15)28(20,24)25)21-18(22)12-27-19(23)11-14-3-7-16(26-2)8-4-14/h3-10,13H,11-12H2,1-2H3,(H,21,22)(H2,20,24,25)/t13-/m1/s1. The van der Waals surface area contributed by atoms with Gasteiger partial charge in [0.05, 0.1) is 24.5 Å². The number of nitrogens with two attached hydrogens (primary N) is 1. The molecule has 0 saturated heterocycles. The van der Waals surface area contributed by atoms with E-state index in [1.165, 1.54) is 12.1 Å². The lowest BCUT2D eigenvalue weighted by Crippen LogP contribution is -2.31. The summed E-state index contributed by atoms with van der Waals surface area (Å²) in [6.07, 6.45) is 0.0435. The van der Waals surface area contributed by atoms with E-state index in [-0.39, 0.29) is 11.3 Å². The molecule has 2 rings (SSSR count). The molecule has 0 aliphatic carbocycles. The molecule has 0 unspecified atom stereocenters. The zero-order chi connectivity index (χ0) is 20.7. The Morgan fingerprint density at radius 1 is 1.07 bits per heavy atom. The van der Waals surface area contributed by atoms with Crippen LogP contribution < -0.4 is 15.2 Å². The summed E-state index contributed by atoms with van der Waals surface area (Å²) in [5, 5.41) is 7.72. The van der Waals surface area contributed by atoms with E-state index in [9.17, 15) is 18.0 Å². The van der Waals surface area contributed by atoms with Crippen LogP contribution in [0.5, 0.6) is 5.75 Å². The highest BCUT2D eigenvalue weighted by Crippen LogP contribution is 2.15. The molecule has 0 saturated carbocycles. The molecule has 150 valence electrons. The first-order chi connectivity index (χ1) is 13.2. The summed E-state index contributed by atoms with van der Waals surface area (Å²) in [7, 11) is -2.22. The maximum atomic E-state index is 12.0. The van der Waals surface area contributed by atoms with Crippen LogP contribution >= 0.6 is 0 Å². The largest absolute Gasteiger partial charge is 0.497 e. The predicted octanol–water partition coefficient (Wildman–Crippen LogP) is 1.31. The molecule has 0 aliphatic heterocycles. The SMILES string of the molecule is COc1ccc(CC(=O)OCC(=O)N[C@H](C)c2ccc(S(N)(=O)=O)cc2)cc1. The van der Waals surface area contributed by atoms with Gasteiger partial charge in [-0.1, -0.05) is 24.3 Å². The number of ether oxygens (including phenoxy) is 2. The Kier molecular flexibility index (Phi) is 7.13. The lowest BCUT2D eigenvalue weighted by Gasteiger charge is -2.15. The van der Waals surface area contributed by atoms with Crippen molar-refractivity contribution >= 4 is 21.9 Å². The molecule has 0 aromatic heterocycles. The van der Waals surface area contributed by atoms with Gasteiger partial charge < -0.3 is 14.8 Å². The molecule has 0 fully saturated rings. The van der Waals surface area contributed by atoms with Gasteiger partial charge in [-0.3, -0.25) is 9.59 Å². The number of carbonyl (C=O) groups is 2. The molecule has 3 N–H and O–H groups in total. The van der Waals surface area contributed by atoms with Gasteiger partial charge >= 0.3 is 5.97 Å². The number of nitrogens with one attached hydrogen (secondary N) is 1. The summed E-state index contributed by atoms with van der Waals surface area (Å²) in [4.78, 5) is 23.8. The molecule has 2 aromatic rings. The normalized spacial score (nSPS) is 12.1. The van der Waals surface area contributed by atoms with Crippen LogP contribution in [0.4, 0.5) is 0 Å². The maximum Gasteiger partial charge on any atom is 0.310 e. The molecule has 1 amide bonds. The lowest BCUT2D eigenvalue weighted by atomic mass is 10.1. The van der Waals surface area contributed by atoms with E-state index >= 15 is 0 Å². The van der Waals surface area contributed by atoms with Crippen LogP contribution in [0.2, 0.25) is 0 Å². The molecule has 0 aliphatic rings. The Balaban J connectivity index is 1.81. The molecule has 2 aromatic carbocycles. The fourth-order valence-electron chi connectivity index (χ4n) is 2.42. The first kappa shape index (κ1) is 21.4. The molecule has 0 spiro atoms. The predicted molar refractivity (Wildman–Crippen MR) is 102 cm³/mol. The van der Waals surface area contributed by atoms with Gasteiger partial charge in [0.25, 0.3) is 5.91 Å². The fourth-order valence-corrected chi connectivity index (χ4v) is 2.94. The third-order valence-corrected chi connectivity index (χ3v) is 4.89. The van der Waals surface area contributed by atoms with Crippen molar-refractivity contribution in [3.05, 3.63) is 59.7 Å². The van der Waals surface area contributed by atoms with Crippen LogP contribution in [0.3, 0.4) is 0 Å². The highest BCUT2D eigenvalue weighted by Gasteiger charge is 2.14. The van der Waals surface area contributed by atoms with Crippen molar-refractivity contribution in [3.63, 3.8) is 0 Å². The topological polar surface area (TPSA) is 125 Å². The van der Waals surface area contributed by atoms with E-state index in [2.05, 4.69) is 5.32 Å². The van der Waals surface area contributed by atoms with Gasteiger partial charge in [0, 0.05) is 0 Å². The van der Waals surface area contributed by atoms with Crippen LogP contribution in [0.1, 0.15) is 24.1 Å². The Bertz CT molecular complexity index is 924. The minimum atomic E-state index is -3.77. The zero-order valence-corrected chi connectivity index (χ0v) is 16.4.